The Morgan fingerprint density at radius 3 is 2.43 bits per heavy atom. The molecule has 1 N–H and O–H groups in total. The van der Waals surface area contributed by atoms with Gasteiger partial charge in [-0.3, -0.25) is 4.79 Å². The van der Waals surface area contributed by atoms with Crippen molar-refractivity contribution in [2.45, 2.75) is 22.9 Å². The fourth-order valence-corrected chi connectivity index (χ4v) is 5.10. The first kappa shape index (κ1) is 24.6. The highest BCUT2D eigenvalue weighted by molar-refractivity contribution is 7.99. The number of ether oxygens (including phenoxy) is 2. The van der Waals surface area contributed by atoms with E-state index < -0.39 is 23.4 Å². The number of aliphatic hydroxyl groups excluding tert-OH is 1. The minimum atomic E-state index is -1.25. The van der Waals surface area contributed by atoms with Crippen LogP contribution in [0.15, 0.2) is 83.8 Å². The largest absolute Gasteiger partial charge is 0.497 e. The number of rotatable bonds is 7. The van der Waals surface area contributed by atoms with Gasteiger partial charge in [0, 0.05) is 25.0 Å². The van der Waals surface area contributed by atoms with Gasteiger partial charge in [0.05, 0.1) is 18.0 Å². The average Bonchev–Trinajstić information content (AvgIpc) is 3.00. The molecule has 182 valence electrons. The second-order valence-corrected chi connectivity index (χ2v) is 9.36. The fourth-order valence-electron chi connectivity index (χ4n) is 3.83. The van der Waals surface area contributed by atoms with Crippen molar-refractivity contribution >= 4 is 29.4 Å². The van der Waals surface area contributed by atoms with Gasteiger partial charge in [-0.05, 0) is 35.4 Å². The Labute approximate surface area is 209 Å². The summed E-state index contributed by atoms with van der Waals surface area (Å²) in [6, 6.07) is 24.4. The number of likely N-dealkylation sites (N-methyl/N-ethyl adjacent to an activating group) is 1. The fraction of sp³-hybridized carbons (Fsp3) is 0.259. The standard InChI is InChI=1S/C27H28N2O5S/c1-28(27(32)34-18-19-8-4-3-5-9-19)16-17-29-22-10-6-7-11-23(22)35-25(24(30)26(29)31)20-12-14-21(33-2)15-13-20/h3-15,24-25,30H,16-18H2,1-2H3/t24-,25+/m0/s1. The van der Waals surface area contributed by atoms with Gasteiger partial charge < -0.3 is 24.4 Å². The van der Waals surface area contributed by atoms with Crippen LogP contribution in [0.2, 0.25) is 0 Å². The highest BCUT2D eigenvalue weighted by atomic mass is 32.2. The maximum absolute atomic E-state index is 13.4. The summed E-state index contributed by atoms with van der Waals surface area (Å²) in [4.78, 5) is 29.8. The molecule has 1 aliphatic rings. The second kappa shape index (κ2) is 11.3. The minimum Gasteiger partial charge on any atom is -0.497 e. The lowest BCUT2D eigenvalue weighted by Gasteiger charge is -2.27. The van der Waals surface area contributed by atoms with Gasteiger partial charge >= 0.3 is 6.09 Å². The summed E-state index contributed by atoms with van der Waals surface area (Å²) in [6.45, 7) is 0.645. The molecule has 0 aliphatic carbocycles. The summed E-state index contributed by atoms with van der Waals surface area (Å²) < 4.78 is 10.6. The maximum Gasteiger partial charge on any atom is 0.409 e. The lowest BCUT2D eigenvalue weighted by Crippen LogP contribution is -2.44. The molecule has 2 atom stereocenters. The van der Waals surface area contributed by atoms with E-state index in [0.717, 1.165) is 16.0 Å². The van der Waals surface area contributed by atoms with Crippen molar-refractivity contribution in [1.29, 1.82) is 0 Å². The molecule has 0 aromatic heterocycles. The van der Waals surface area contributed by atoms with Crippen molar-refractivity contribution in [3.05, 3.63) is 90.0 Å². The predicted molar refractivity (Wildman–Crippen MR) is 136 cm³/mol. The van der Waals surface area contributed by atoms with Crippen LogP contribution in [0.1, 0.15) is 16.4 Å². The molecule has 0 bridgehead atoms. The van der Waals surface area contributed by atoms with E-state index in [1.807, 2.05) is 78.9 Å². The number of thioether (sulfide) groups is 1. The Morgan fingerprint density at radius 2 is 1.71 bits per heavy atom. The molecular weight excluding hydrogens is 464 g/mol. The van der Waals surface area contributed by atoms with E-state index in [9.17, 15) is 14.7 Å². The third kappa shape index (κ3) is 5.78. The van der Waals surface area contributed by atoms with Gasteiger partial charge in [0.1, 0.15) is 18.5 Å². The maximum atomic E-state index is 13.4. The molecule has 8 heteroatoms. The van der Waals surface area contributed by atoms with E-state index in [4.69, 9.17) is 9.47 Å². The van der Waals surface area contributed by atoms with Crippen LogP contribution in [0.5, 0.6) is 5.75 Å². The molecule has 1 aliphatic heterocycles. The Bertz CT molecular complexity index is 1160. The molecule has 0 spiro atoms. The second-order valence-electron chi connectivity index (χ2n) is 8.18. The van der Waals surface area contributed by atoms with E-state index in [0.29, 0.717) is 11.4 Å². The number of anilines is 1. The average molecular weight is 493 g/mol. The Kier molecular flexibility index (Phi) is 7.94. The molecule has 3 aromatic carbocycles. The summed E-state index contributed by atoms with van der Waals surface area (Å²) in [6.07, 6.45) is -1.73. The van der Waals surface area contributed by atoms with Crippen molar-refractivity contribution in [2.24, 2.45) is 0 Å². The first-order valence-corrected chi connectivity index (χ1v) is 12.2. The number of benzene rings is 3. The van der Waals surface area contributed by atoms with Crippen LogP contribution < -0.4 is 9.64 Å². The molecular formula is C27H28N2O5S. The zero-order valence-corrected chi connectivity index (χ0v) is 20.5. The van der Waals surface area contributed by atoms with Crippen LogP contribution in [-0.2, 0) is 16.1 Å². The van der Waals surface area contributed by atoms with Gasteiger partial charge in [0.15, 0.2) is 0 Å². The number of nitrogens with zero attached hydrogens (tertiary/aromatic N) is 2. The highest BCUT2D eigenvalue weighted by Crippen LogP contribution is 2.45. The number of methoxy groups -OCH3 is 1. The molecule has 0 radical (unpaired) electrons. The Balaban J connectivity index is 1.47. The minimum absolute atomic E-state index is 0.175. The van der Waals surface area contributed by atoms with Crippen molar-refractivity contribution in [2.75, 3.05) is 32.1 Å². The molecule has 1 heterocycles. The molecule has 4 rings (SSSR count). The van der Waals surface area contributed by atoms with Crippen LogP contribution in [0.4, 0.5) is 10.5 Å². The van der Waals surface area contributed by atoms with Gasteiger partial charge in [0.2, 0.25) is 0 Å². The number of carbonyl (C=O) groups excluding carboxylic acids is 2. The van der Waals surface area contributed by atoms with Crippen LogP contribution in [0.25, 0.3) is 0 Å². The molecule has 2 amide bonds. The summed E-state index contributed by atoms with van der Waals surface area (Å²) in [5, 5.41) is 10.6. The Hall–Kier alpha value is -3.49. The van der Waals surface area contributed by atoms with E-state index >= 15 is 0 Å². The van der Waals surface area contributed by atoms with Gasteiger partial charge in [-0.1, -0.05) is 54.6 Å². The molecule has 35 heavy (non-hydrogen) atoms. The van der Waals surface area contributed by atoms with Gasteiger partial charge in [-0.15, -0.1) is 11.8 Å². The number of fused-ring (bicyclic) bond motifs is 1. The van der Waals surface area contributed by atoms with Crippen molar-refractivity contribution in [3.63, 3.8) is 0 Å². The van der Waals surface area contributed by atoms with Crippen molar-refractivity contribution in [3.8, 4) is 5.75 Å². The lowest BCUT2D eigenvalue weighted by atomic mass is 10.1. The van der Waals surface area contributed by atoms with Crippen LogP contribution in [-0.4, -0.2) is 55.4 Å². The monoisotopic (exact) mass is 492 g/mol. The van der Waals surface area contributed by atoms with Crippen LogP contribution >= 0.6 is 11.8 Å². The summed E-state index contributed by atoms with van der Waals surface area (Å²) >= 11 is 1.45. The van der Waals surface area contributed by atoms with E-state index in [-0.39, 0.29) is 19.7 Å². The highest BCUT2D eigenvalue weighted by Gasteiger charge is 2.37. The lowest BCUT2D eigenvalue weighted by molar-refractivity contribution is -0.126. The smallest absolute Gasteiger partial charge is 0.409 e. The normalized spacial score (nSPS) is 17.3. The summed E-state index contributed by atoms with van der Waals surface area (Å²) in [5.74, 6) is 0.298. The number of hydrogen-bond donors (Lipinski definition) is 1. The molecule has 0 saturated heterocycles. The quantitative estimate of drug-likeness (QED) is 0.523. The molecule has 0 fully saturated rings. The zero-order valence-electron chi connectivity index (χ0n) is 19.7. The zero-order chi connectivity index (χ0) is 24.8. The summed E-state index contributed by atoms with van der Waals surface area (Å²) in [7, 11) is 3.23. The topological polar surface area (TPSA) is 79.3 Å². The molecule has 3 aromatic rings. The molecule has 7 nitrogen and oxygen atoms in total. The number of hydrogen-bond acceptors (Lipinski definition) is 6. The van der Waals surface area contributed by atoms with Gasteiger partial charge in [-0.25, -0.2) is 4.79 Å². The predicted octanol–water partition coefficient (Wildman–Crippen LogP) is 4.50. The van der Waals surface area contributed by atoms with E-state index in [1.54, 1.807) is 19.1 Å². The van der Waals surface area contributed by atoms with Gasteiger partial charge in [0.25, 0.3) is 5.91 Å². The summed E-state index contributed by atoms with van der Waals surface area (Å²) in [5.41, 5.74) is 2.44. The first-order chi connectivity index (χ1) is 17.0. The number of carbonyl (C=O) groups is 2. The number of aliphatic hydroxyl groups is 1. The van der Waals surface area contributed by atoms with Crippen LogP contribution in [0.3, 0.4) is 0 Å². The van der Waals surface area contributed by atoms with E-state index in [2.05, 4.69) is 0 Å². The molecule has 0 saturated carbocycles. The van der Waals surface area contributed by atoms with E-state index in [1.165, 1.54) is 16.7 Å². The number of amides is 2. The van der Waals surface area contributed by atoms with Crippen molar-refractivity contribution < 1.29 is 24.2 Å². The first-order valence-electron chi connectivity index (χ1n) is 11.3. The Morgan fingerprint density at radius 1 is 1.03 bits per heavy atom. The third-order valence-corrected chi connectivity index (χ3v) is 7.22. The third-order valence-electron chi connectivity index (χ3n) is 5.84. The van der Waals surface area contributed by atoms with Gasteiger partial charge in [-0.2, -0.15) is 0 Å². The van der Waals surface area contributed by atoms with Crippen LogP contribution in [0, 0.1) is 0 Å². The SMILES string of the molecule is COc1ccc([C@H]2Sc3ccccc3N(CCN(C)C(=O)OCc3ccccc3)C(=O)[C@H]2O)cc1. The number of para-hydroxylation sites is 1. The molecule has 0 unspecified atom stereocenters. The van der Waals surface area contributed by atoms with Crippen molar-refractivity contribution in [1.82, 2.24) is 4.90 Å².